The van der Waals surface area contributed by atoms with Crippen molar-refractivity contribution in [1.29, 1.82) is 0 Å². The summed E-state index contributed by atoms with van der Waals surface area (Å²) >= 11 is 0. The largest absolute Gasteiger partial charge is 0.493 e. The third kappa shape index (κ3) is 5.88. The molecule has 0 saturated heterocycles. The zero-order valence-corrected chi connectivity index (χ0v) is 14.3. The second-order valence-electron chi connectivity index (χ2n) is 6.12. The second kappa shape index (κ2) is 9.58. The molecule has 1 aromatic carbocycles. The van der Waals surface area contributed by atoms with Crippen molar-refractivity contribution in [3.8, 4) is 11.5 Å². The summed E-state index contributed by atoms with van der Waals surface area (Å²) in [5.74, 6) is 1.35. The van der Waals surface area contributed by atoms with E-state index in [2.05, 4.69) is 5.32 Å². The SMILES string of the molecule is C/C=C/c1ccc(OC[C@H](O)CNC2CCCCC2)c(OC)c1. The molecule has 0 aromatic heterocycles. The predicted molar refractivity (Wildman–Crippen MR) is 94.1 cm³/mol. The Labute approximate surface area is 139 Å². The molecule has 1 aliphatic rings. The summed E-state index contributed by atoms with van der Waals surface area (Å²) in [4.78, 5) is 0. The Morgan fingerprint density at radius 3 is 2.74 bits per heavy atom. The van der Waals surface area contributed by atoms with Crippen molar-refractivity contribution in [3.63, 3.8) is 0 Å². The quantitative estimate of drug-likeness (QED) is 0.771. The van der Waals surface area contributed by atoms with E-state index in [-0.39, 0.29) is 6.61 Å². The molecule has 0 amide bonds. The van der Waals surface area contributed by atoms with Crippen molar-refractivity contribution >= 4 is 6.08 Å². The van der Waals surface area contributed by atoms with Crippen LogP contribution in [-0.2, 0) is 0 Å². The molecule has 23 heavy (non-hydrogen) atoms. The van der Waals surface area contributed by atoms with E-state index in [0.717, 1.165) is 5.56 Å². The Bertz CT molecular complexity index is 495. The lowest BCUT2D eigenvalue weighted by molar-refractivity contribution is 0.100. The van der Waals surface area contributed by atoms with Crippen molar-refractivity contribution in [2.24, 2.45) is 0 Å². The predicted octanol–water partition coefficient (Wildman–Crippen LogP) is 3.39. The second-order valence-corrected chi connectivity index (χ2v) is 6.12. The maximum atomic E-state index is 10.1. The first-order valence-electron chi connectivity index (χ1n) is 8.58. The highest BCUT2D eigenvalue weighted by Gasteiger charge is 2.15. The van der Waals surface area contributed by atoms with Gasteiger partial charge in [-0.05, 0) is 37.5 Å². The number of aliphatic hydroxyl groups is 1. The van der Waals surface area contributed by atoms with Crippen molar-refractivity contribution in [3.05, 3.63) is 29.8 Å². The molecule has 4 nitrogen and oxygen atoms in total. The summed E-state index contributed by atoms with van der Waals surface area (Å²) in [5.41, 5.74) is 1.07. The Balaban J connectivity index is 1.79. The van der Waals surface area contributed by atoms with Crippen LogP contribution in [0.3, 0.4) is 0 Å². The number of methoxy groups -OCH3 is 1. The highest BCUT2D eigenvalue weighted by molar-refractivity contribution is 5.55. The van der Waals surface area contributed by atoms with Crippen LogP contribution in [0, 0.1) is 0 Å². The fraction of sp³-hybridized carbons (Fsp3) is 0.579. The summed E-state index contributed by atoms with van der Waals surface area (Å²) in [6.07, 6.45) is 9.83. The number of allylic oxidation sites excluding steroid dienone is 1. The number of aliphatic hydroxyl groups excluding tert-OH is 1. The molecule has 2 N–H and O–H groups in total. The van der Waals surface area contributed by atoms with Crippen LogP contribution in [0.5, 0.6) is 11.5 Å². The van der Waals surface area contributed by atoms with E-state index in [4.69, 9.17) is 9.47 Å². The monoisotopic (exact) mass is 319 g/mol. The first-order chi connectivity index (χ1) is 11.2. The highest BCUT2D eigenvalue weighted by atomic mass is 16.5. The Morgan fingerprint density at radius 1 is 1.26 bits per heavy atom. The normalized spacial score (nSPS) is 17.3. The van der Waals surface area contributed by atoms with E-state index < -0.39 is 6.10 Å². The average molecular weight is 319 g/mol. The van der Waals surface area contributed by atoms with Crippen LogP contribution in [0.2, 0.25) is 0 Å². The molecule has 128 valence electrons. The number of hydrogen-bond acceptors (Lipinski definition) is 4. The molecule has 0 heterocycles. The van der Waals surface area contributed by atoms with Gasteiger partial charge in [0.05, 0.1) is 7.11 Å². The zero-order valence-electron chi connectivity index (χ0n) is 14.3. The lowest BCUT2D eigenvalue weighted by Crippen LogP contribution is -2.38. The summed E-state index contributed by atoms with van der Waals surface area (Å²) in [6.45, 7) is 2.81. The van der Waals surface area contributed by atoms with E-state index in [0.29, 0.717) is 24.1 Å². The van der Waals surface area contributed by atoms with E-state index in [1.165, 1.54) is 32.1 Å². The van der Waals surface area contributed by atoms with Gasteiger partial charge in [0, 0.05) is 12.6 Å². The Hall–Kier alpha value is -1.52. The molecule has 0 aliphatic heterocycles. The summed E-state index contributed by atoms with van der Waals surface area (Å²) in [7, 11) is 1.63. The maximum Gasteiger partial charge on any atom is 0.161 e. The molecular weight excluding hydrogens is 290 g/mol. The van der Waals surface area contributed by atoms with E-state index in [1.54, 1.807) is 7.11 Å². The molecule has 0 spiro atoms. The topological polar surface area (TPSA) is 50.7 Å². The molecule has 1 aliphatic carbocycles. The molecule has 1 aromatic rings. The van der Waals surface area contributed by atoms with Crippen molar-refractivity contribution in [2.45, 2.75) is 51.2 Å². The van der Waals surface area contributed by atoms with Crippen LogP contribution in [0.25, 0.3) is 6.08 Å². The van der Waals surface area contributed by atoms with Gasteiger partial charge in [0.2, 0.25) is 0 Å². The molecule has 1 saturated carbocycles. The Kier molecular flexibility index (Phi) is 7.43. The fourth-order valence-electron chi connectivity index (χ4n) is 2.95. The molecule has 0 unspecified atom stereocenters. The molecular formula is C19H29NO3. The third-order valence-corrected chi connectivity index (χ3v) is 4.23. The lowest BCUT2D eigenvalue weighted by atomic mass is 9.95. The first-order valence-corrected chi connectivity index (χ1v) is 8.58. The minimum Gasteiger partial charge on any atom is -0.493 e. The minimum absolute atomic E-state index is 0.263. The van der Waals surface area contributed by atoms with Gasteiger partial charge in [0.1, 0.15) is 12.7 Å². The Morgan fingerprint density at radius 2 is 2.04 bits per heavy atom. The third-order valence-electron chi connectivity index (χ3n) is 4.23. The van der Waals surface area contributed by atoms with E-state index in [9.17, 15) is 5.11 Å². The van der Waals surface area contributed by atoms with E-state index >= 15 is 0 Å². The average Bonchev–Trinajstić information content (AvgIpc) is 2.59. The molecule has 0 radical (unpaired) electrons. The van der Waals surface area contributed by atoms with Gasteiger partial charge in [-0.1, -0.05) is 37.5 Å². The van der Waals surface area contributed by atoms with Crippen LogP contribution in [-0.4, -0.2) is 37.5 Å². The van der Waals surface area contributed by atoms with Gasteiger partial charge in [-0.25, -0.2) is 0 Å². The van der Waals surface area contributed by atoms with Gasteiger partial charge in [-0.2, -0.15) is 0 Å². The van der Waals surface area contributed by atoms with Crippen LogP contribution in [0.15, 0.2) is 24.3 Å². The van der Waals surface area contributed by atoms with Gasteiger partial charge >= 0.3 is 0 Å². The van der Waals surface area contributed by atoms with Crippen molar-refractivity contribution in [2.75, 3.05) is 20.3 Å². The van der Waals surface area contributed by atoms with Crippen LogP contribution in [0.4, 0.5) is 0 Å². The van der Waals surface area contributed by atoms with Gasteiger partial charge in [-0.15, -0.1) is 0 Å². The van der Waals surface area contributed by atoms with Crippen molar-refractivity contribution in [1.82, 2.24) is 5.32 Å². The van der Waals surface area contributed by atoms with Gasteiger partial charge < -0.3 is 19.9 Å². The van der Waals surface area contributed by atoms with Crippen LogP contribution >= 0.6 is 0 Å². The molecule has 0 bridgehead atoms. The van der Waals surface area contributed by atoms with Crippen LogP contribution < -0.4 is 14.8 Å². The van der Waals surface area contributed by atoms with Crippen LogP contribution in [0.1, 0.15) is 44.6 Å². The maximum absolute atomic E-state index is 10.1. The highest BCUT2D eigenvalue weighted by Crippen LogP contribution is 2.28. The fourth-order valence-corrected chi connectivity index (χ4v) is 2.95. The summed E-state index contributed by atoms with van der Waals surface area (Å²) < 4.78 is 11.1. The standard InChI is InChI=1S/C19H29NO3/c1-3-7-15-10-11-18(19(12-15)22-2)23-14-17(21)13-20-16-8-5-4-6-9-16/h3,7,10-12,16-17,20-21H,4-6,8-9,13-14H2,1-2H3/b7-3+/t17-/m1/s1. The zero-order chi connectivity index (χ0) is 16.5. The van der Waals surface area contributed by atoms with Gasteiger partial charge in [0.25, 0.3) is 0 Å². The molecule has 1 atom stereocenters. The van der Waals surface area contributed by atoms with Crippen molar-refractivity contribution < 1.29 is 14.6 Å². The first kappa shape index (κ1) is 17.8. The number of rotatable bonds is 8. The summed E-state index contributed by atoms with van der Waals surface area (Å²) in [6, 6.07) is 6.34. The minimum atomic E-state index is -0.517. The summed E-state index contributed by atoms with van der Waals surface area (Å²) in [5, 5.41) is 13.5. The molecule has 2 rings (SSSR count). The number of nitrogens with one attached hydrogen (secondary N) is 1. The number of hydrogen-bond donors (Lipinski definition) is 2. The molecule has 4 heteroatoms. The smallest absolute Gasteiger partial charge is 0.161 e. The lowest BCUT2D eigenvalue weighted by Gasteiger charge is -2.24. The van der Waals surface area contributed by atoms with Gasteiger partial charge in [0.15, 0.2) is 11.5 Å². The number of benzene rings is 1. The van der Waals surface area contributed by atoms with Gasteiger partial charge in [-0.3, -0.25) is 0 Å². The number of ether oxygens (including phenoxy) is 2. The van der Waals surface area contributed by atoms with E-state index in [1.807, 2.05) is 37.3 Å². The molecule has 1 fully saturated rings.